The number of hydrogen-bond donors (Lipinski definition) is 2. The number of carbonyl (C=O) groups is 1. The van der Waals surface area contributed by atoms with E-state index in [1.54, 1.807) is 19.1 Å². The summed E-state index contributed by atoms with van der Waals surface area (Å²) in [6, 6.07) is 8.71. The summed E-state index contributed by atoms with van der Waals surface area (Å²) >= 11 is 0. The molecule has 1 aromatic rings. The zero-order chi connectivity index (χ0) is 14.1. The van der Waals surface area contributed by atoms with Crippen LogP contribution in [0.1, 0.15) is 18.9 Å². The first kappa shape index (κ1) is 14.0. The summed E-state index contributed by atoms with van der Waals surface area (Å²) in [5.41, 5.74) is 5.61. The van der Waals surface area contributed by atoms with Crippen LogP contribution in [0.4, 0.5) is 0 Å². The normalized spacial score (nSPS) is 24.6. The minimum Gasteiger partial charge on any atom is -0.350 e. The van der Waals surface area contributed by atoms with Gasteiger partial charge < -0.3 is 11.1 Å². The topological polar surface area (TPSA) is 89.3 Å². The fourth-order valence-corrected chi connectivity index (χ4v) is 3.83. The van der Waals surface area contributed by atoms with Gasteiger partial charge in [0.2, 0.25) is 5.91 Å². The number of benzene rings is 1. The molecule has 3 N–H and O–H groups in total. The van der Waals surface area contributed by atoms with Crippen LogP contribution in [0.15, 0.2) is 30.3 Å². The monoisotopic (exact) mass is 282 g/mol. The predicted octanol–water partition coefficient (Wildman–Crippen LogP) is 0.164. The lowest BCUT2D eigenvalue weighted by atomic mass is 9.92. The predicted molar refractivity (Wildman–Crippen MR) is 73.2 cm³/mol. The van der Waals surface area contributed by atoms with E-state index in [1.807, 2.05) is 18.2 Å². The smallest absolute Gasteiger partial charge is 0.244 e. The summed E-state index contributed by atoms with van der Waals surface area (Å²) in [6.45, 7) is 1.63. The van der Waals surface area contributed by atoms with Gasteiger partial charge in [-0.05, 0) is 18.9 Å². The van der Waals surface area contributed by atoms with Gasteiger partial charge in [0, 0.05) is 6.04 Å². The molecule has 2 atom stereocenters. The molecule has 0 aromatic heterocycles. The number of amides is 1. The molecule has 6 heteroatoms. The second-order valence-corrected chi connectivity index (χ2v) is 7.37. The first-order chi connectivity index (χ1) is 8.81. The zero-order valence-corrected chi connectivity index (χ0v) is 11.6. The molecule has 1 aliphatic rings. The highest BCUT2D eigenvalue weighted by molar-refractivity contribution is 7.91. The van der Waals surface area contributed by atoms with Gasteiger partial charge in [-0.25, -0.2) is 8.42 Å². The van der Waals surface area contributed by atoms with Gasteiger partial charge in [-0.3, -0.25) is 4.79 Å². The molecule has 2 rings (SSSR count). The number of rotatable bonds is 3. The van der Waals surface area contributed by atoms with E-state index < -0.39 is 15.4 Å². The van der Waals surface area contributed by atoms with E-state index in [0.29, 0.717) is 12.0 Å². The van der Waals surface area contributed by atoms with E-state index in [1.165, 1.54) is 0 Å². The molecule has 1 aromatic carbocycles. The number of carbonyl (C=O) groups excluding carboxylic acids is 1. The Morgan fingerprint density at radius 1 is 1.37 bits per heavy atom. The van der Waals surface area contributed by atoms with Crippen LogP contribution in [0.2, 0.25) is 0 Å². The van der Waals surface area contributed by atoms with E-state index in [-0.39, 0.29) is 23.5 Å². The second kappa shape index (κ2) is 4.94. The largest absolute Gasteiger partial charge is 0.350 e. The van der Waals surface area contributed by atoms with Gasteiger partial charge in [0.1, 0.15) is 5.54 Å². The van der Waals surface area contributed by atoms with Crippen LogP contribution in [0.5, 0.6) is 0 Å². The Balaban J connectivity index is 2.08. The lowest BCUT2D eigenvalue weighted by Crippen LogP contribution is -2.52. The second-order valence-electron chi connectivity index (χ2n) is 5.14. The highest BCUT2D eigenvalue weighted by Crippen LogP contribution is 2.19. The lowest BCUT2D eigenvalue weighted by molar-refractivity contribution is -0.126. The number of nitrogens with one attached hydrogen (secondary N) is 1. The minimum atomic E-state index is -3.01. The van der Waals surface area contributed by atoms with E-state index in [4.69, 9.17) is 5.73 Å². The Morgan fingerprint density at radius 2 is 2.00 bits per heavy atom. The highest BCUT2D eigenvalue weighted by Gasteiger charge is 2.35. The Bertz CT molecular complexity index is 567. The van der Waals surface area contributed by atoms with Gasteiger partial charge in [0.05, 0.1) is 11.5 Å². The van der Waals surface area contributed by atoms with Crippen LogP contribution in [0, 0.1) is 0 Å². The van der Waals surface area contributed by atoms with Crippen molar-refractivity contribution >= 4 is 15.7 Å². The zero-order valence-electron chi connectivity index (χ0n) is 10.8. The summed E-state index contributed by atoms with van der Waals surface area (Å²) in [5.74, 6) is -0.213. The summed E-state index contributed by atoms with van der Waals surface area (Å²) < 4.78 is 22.7. The Labute approximate surface area is 113 Å². The van der Waals surface area contributed by atoms with Gasteiger partial charge in [-0.1, -0.05) is 30.3 Å². The van der Waals surface area contributed by atoms with Crippen molar-refractivity contribution in [2.45, 2.75) is 24.9 Å². The quantitative estimate of drug-likeness (QED) is 0.826. The van der Waals surface area contributed by atoms with Gasteiger partial charge in [-0.15, -0.1) is 0 Å². The average Bonchev–Trinajstić information content (AvgIpc) is 2.69. The molecule has 19 heavy (non-hydrogen) atoms. The van der Waals surface area contributed by atoms with Gasteiger partial charge >= 0.3 is 0 Å². The molecular formula is C13H18N2O3S. The maximum Gasteiger partial charge on any atom is 0.244 e. The molecule has 0 radical (unpaired) electrons. The third kappa shape index (κ3) is 3.13. The Hall–Kier alpha value is -1.40. The van der Waals surface area contributed by atoms with Gasteiger partial charge in [0.25, 0.3) is 0 Å². The van der Waals surface area contributed by atoms with Crippen molar-refractivity contribution in [1.29, 1.82) is 0 Å². The highest BCUT2D eigenvalue weighted by atomic mass is 32.2. The third-order valence-corrected chi connectivity index (χ3v) is 5.18. The molecule has 0 saturated carbocycles. The van der Waals surface area contributed by atoms with Crippen LogP contribution in [-0.2, 0) is 20.2 Å². The van der Waals surface area contributed by atoms with Crippen molar-refractivity contribution in [2.24, 2.45) is 5.73 Å². The van der Waals surface area contributed by atoms with Crippen LogP contribution in [0.3, 0.4) is 0 Å². The molecule has 1 amide bonds. The fraction of sp³-hybridized carbons (Fsp3) is 0.462. The van der Waals surface area contributed by atoms with Crippen molar-refractivity contribution in [2.75, 3.05) is 11.5 Å². The van der Waals surface area contributed by atoms with Crippen LogP contribution < -0.4 is 11.1 Å². The number of nitrogens with two attached hydrogens (primary N) is 1. The molecule has 5 nitrogen and oxygen atoms in total. The summed E-state index contributed by atoms with van der Waals surface area (Å²) in [5, 5.41) is 2.73. The third-order valence-electron chi connectivity index (χ3n) is 3.41. The summed E-state index contributed by atoms with van der Waals surface area (Å²) in [6.07, 6.45) is 0.457. The minimum absolute atomic E-state index is 0.00358. The van der Waals surface area contributed by atoms with Crippen LogP contribution >= 0.6 is 0 Å². The number of sulfone groups is 1. The van der Waals surface area contributed by atoms with Gasteiger partial charge in [-0.2, -0.15) is 0 Å². The van der Waals surface area contributed by atoms with Crippen molar-refractivity contribution in [3.8, 4) is 0 Å². The standard InChI is InChI=1S/C13H18N2O3S/c1-13(14,10-5-3-2-4-6-10)12(16)15-11-7-8-19(17,18)9-11/h2-6,11H,7-9,14H2,1H3,(H,15,16). The molecule has 1 saturated heterocycles. The van der Waals surface area contributed by atoms with Crippen molar-refractivity contribution in [1.82, 2.24) is 5.32 Å². The fourth-order valence-electron chi connectivity index (χ4n) is 2.16. The number of hydrogen-bond acceptors (Lipinski definition) is 4. The molecule has 104 valence electrons. The van der Waals surface area contributed by atoms with Crippen molar-refractivity contribution in [3.63, 3.8) is 0 Å². The Kier molecular flexibility index (Phi) is 3.64. The summed E-state index contributed by atoms with van der Waals surface area (Å²) in [7, 11) is -3.01. The van der Waals surface area contributed by atoms with Gasteiger partial charge in [0.15, 0.2) is 9.84 Å². The molecule has 1 fully saturated rings. The van der Waals surface area contributed by atoms with E-state index in [9.17, 15) is 13.2 Å². The van der Waals surface area contributed by atoms with E-state index in [0.717, 1.165) is 0 Å². The first-order valence-corrected chi connectivity index (χ1v) is 7.99. The first-order valence-electron chi connectivity index (χ1n) is 6.17. The SMILES string of the molecule is CC(N)(C(=O)NC1CCS(=O)(=O)C1)c1ccccc1. The summed E-state index contributed by atoms with van der Waals surface area (Å²) in [4.78, 5) is 12.2. The molecular weight excluding hydrogens is 264 g/mol. The molecule has 1 heterocycles. The maximum atomic E-state index is 12.2. The van der Waals surface area contributed by atoms with E-state index >= 15 is 0 Å². The molecule has 0 bridgehead atoms. The molecule has 2 unspecified atom stereocenters. The maximum absolute atomic E-state index is 12.2. The average molecular weight is 282 g/mol. The van der Waals surface area contributed by atoms with Crippen LogP contribution in [-0.4, -0.2) is 31.9 Å². The van der Waals surface area contributed by atoms with Crippen molar-refractivity contribution in [3.05, 3.63) is 35.9 Å². The molecule has 0 spiro atoms. The van der Waals surface area contributed by atoms with Crippen molar-refractivity contribution < 1.29 is 13.2 Å². The van der Waals surface area contributed by atoms with Crippen LogP contribution in [0.25, 0.3) is 0 Å². The lowest BCUT2D eigenvalue weighted by Gasteiger charge is -2.25. The molecule has 0 aliphatic carbocycles. The Morgan fingerprint density at radius 3 is 2.53 bits per heavy atom. The molecule has 1 aliphatic heterocycles. The van der Waals surface area contributed by atoms with E-state index in [2.05, 4.69) is 5.32 Å².